The van der Waals surface area contributed by atoms with E-state index in [2.05, 4.69) is 11.4 Å². The van der Waals surface area contributed by atoms with Crippen LogP contribution in [0.4, 0.5) is 4.79 Å². The second-order valence-electron chi connectivity index (χ2n) is 5.90. The predicted octanol–water partition coefficient (Wildman–Crippen LogP) is 2.85. The Kier molecular flexibility index (Phi) is 6.61. The van der Waals surface area contributed by atoms with E-state index < -0.39 is 17.7 Å². The number of aliphatic hydroxyl groups excluding tert-OH is 1. The molecule has 0 bridgehead atoms. The van der Waals surface area contributed by atoms with Crippen LogP contribution in [0, 0.1) is 11.3 Å². The molecule has 118 valence electrons. The third kappa shape index (κ3) is 6.91. The minimum Gasteiger partial charge on any atom is -0.444 e. The number of hydrogen-bond acceptors (Lipinski definition) is 4. The minimum atomic E-state index is -0.567. The number of amides is 1. The highest BCUT2D eigenvalue weighted by Gasteiger charge is 2.18. The molecule has 0 aliphatic carbocycles. The number of hydrogen-bond donors (Lipinski definition) is 2. The Morgan fingerprint density at radius 1 is 1.41 bits per heavy atom. The molecule has 0 fully saturated rings. The Hall–Kier alpha value is -2.32. The van der Waals surface area contributed by atoms with E-state index in [4.69, 9.17) is 10.00 Å². The molecule has 22 heavy (non-hydrogen) atoms. The van der Waals surface area contributed by atoms with Crippen LogP contribution in [-0.2, 0) is 4.74 Å². The summed E-state index contributed by atoms with van der Waals surface area (Å²) in [4.78, 5) is 11.6. The van der Waals surface area contributed by atoms with E-state index >= 15 is 0 Å². The van der Waals surface area contributed by atoms with Crippen molar-refractivity contribution in [3.8, 4) is 6.07 Å². The van der Waals surface area contributed by atoms with Crippen LogP contribution in [0.25, 0.3) is 6.08 Å². The zero-order valence-electron chi connectivity index (χ0n) is 13.2. The van der Waals surface area contributed by atoms with Gasteiger partial charge < -0.3 is 15.2 Å². The number of carbonyl (C=O) groups is 1. The Balaban J connectivity index is 2.50. The highest BCUT2D eigenvalue weighted by atomic mass is 16.6. The minimum absolute atomic E-state index is 0.170. The summed E-state index contributed by atoms with van der Waals surface area (Å²) in [6, 6.07) is 8.81. The molecule has 0 aromatic heterocycles. The first-order valence-corrected chi connectivity index (χ1v) is 7.11. The van der Waals surface area contributed by atoms with Crippen LogP contribution in [-0.4, -0.2) is 29.4 Å². The fourth-order valence-electron chi connectivity index (χ4n) is 1.69. The van der Waals surface area contributed by atoms with Crippen LogP contribution in [0.15, 0.2) is 30.3 Å². The zero-order chi connectivity index (χ0) is 16.6. The number of benzene rings is 1. The van der Waals surface area contributed by atoms with Crippen LogP contribution in [0.2, 0.25) is 0 Å². The van der Waals surface area contributed by atoms with Gasteiger partial charge in [-0.3, -0.25) is 0 Å². The Bertz CT molecular complexity index is 551. The molecule has 1 aromatic carbocycles. The smallest absolute Gasteiger partial charge is 0.407 e. The highest BCUT2D eigenvalue weighted by Crippen LogP contribution is 2.09. The number of carbonyl (C=O) groups excluding carboxylic acids is 1. The number of nitriles is 1. The van der Waals surface area contributed by atoms with E-state index in [-0.39, 0.29) is 6.61 Å². The second kappa shape index (κ2) is 8.20. The number of alkyl carbamates (subject to hydrolysis) is 1. The molecule has 0 heterocycles. The van der Waals surface area contributed by atoms with Crippen LogP contribution in [0.1, 0.15) is 38.3 Å². The molecule has 1 atom stereocenters. The monoisotopic (exact) mass is 302 g/mol. The number of rotatable bonds is 5. The first-order valence-electron chi connectivity index (χ1n) is 7.11. The quantitative estimate of drug-likeness (QED) is 0.876. The Labute approximate surface area is 131 Å². The summed E-state index contributed by atoms with van der Waals surface area (Å²) in [5, 5.41) is 20.6. The van der Waals surface area contributed by atoms with E-state index in [9.17, 15) is 9.90 Å². The Morgan fingerprint density at radius 3 is 2.55 bits per heavy atom. The van der Waals surface area contributed by atoms with Gasteiger partial charge in [-0.05, 0) is 44.9 Å². The summed E-state index contributed by atoms with van der Waals surface area (Å²) in [6.45, 7) is 5.18. The molecule has 0 spiro atoms. The fraction of sp³-hybridized carbons (Fsp3) is 0.412. The van der Waals surface area contributed by atoms with Crippen molar-refractivity contribution in [1.29, 1.82) is 5.26 Å². The van der Waals surface area contributed by atoms with Gasteiger partial charge in [0.25, 0.3) is 0 Å². The van der Waals surface area contributed by atoms with Gasteiger partial charge in [-0.25, -0.2) is 4.79 Å². The molecule has 0 saturated carbocycles. The lowest BCUT2D eigenvalue weighted by molar-refractivity contribution is 0.0484. The van der Waals surface area contributed by atoms with Crippen LogP contribution >= 0.6 is 0 Å². The molecule has 1 aromatic rings. The average Bonchev–Trinajstić information content (AvgIpc) is 2.45. The molecule has 1 rings (SSSR count). The molecular weight excluding hydrogens is 280 g/mol. The molecule has 0 saturated heterocycles. The largest absolute Gasteiger partial charge is 0.444 e. The highest BCUT2D eigenvalue weighted by molar-refractivity contribution is 5.68. The molecule has 5 heteroatoms. The van der Waals surface area contributed by atoms with Gasteiger partial charge in [0.1, 0.15) is 5.60 Å². The molecule has 0 unspecified atom stereocenters. The van der Waals surface area contributed by atoms with Crippen LogP contribution < -0.4 is 5.32 Å². The van der Waals surface area contributed by atoms with Gasteiger partial charge in [0.15, 0.2) is 0 Å². The van der Waals surface area contributed by atoms with Crippen molar-refractivity contribution in [2.24, 2.45) is 0 Å². The first kappa shape index (κ1) is 17.7. The maximum atomic E-state index is 11.6. The Morgan fingerprint density at radius 2 is 2.05 bits per heavy atom. The van der Waals surface area contributed by atoms with Gasteiger partial charge in [-0.2, -0.15) is 5.26 Å². The first-order chi connectivity index (χ1) is 10.3. The standard InChI is InChI=1S/C17H22N2O3/c1-17(2,3)22-16(21)19-15(12-20)6-4-5-13-7-9-14(11-18)10-8-13/h4-5,7-10,15,20H,6,12H2,1-3H3,(H,19,21)/b5-4-/t15-/m0/s1. The predicted molar refractivity (Wildman–Crippen MR) is 85.1 cm³/mol. The third-order valence-electron chi connectivity index (χ3n) is 2.71. The van der Waals surface area contributed by atoms with Crippen molar-refractivity contribution in [3.05, 3.63) is 41.5 Å². The summed E-state index contributed by atoms with van der Waals surface area (Å²) in [6.07, 6.45) is 3.68. The number of nitrogens with zero attached hydrogens (tertiary/aromatic N) is 1. The average molecular weight is 302 g/mol. The topological polar surface area (TPSA) is 82.3 Å². The van der Waals surface area contributed by atoms with E-state index in [0.717, 1.165) is 5.56 Å². The van der Waals surface area contributed by atoms with Crippen molar-refractivity contribution in [3.63, 3.8) is 0 Å². The van der Waals surface area contributed by atoms with E-state index in [0.29, 0.717) is 12.0 Å². The zero-order valence-corrected chi connectivity index (χ0v) is 13.2. The maximum Gasteiger partial charge on any atom is 0.407 e. The van der Waals surface area contributed by atoms with Crippen molar-refractivity contribution >= 4 is 12.2 Å². The summed E-state index contributed by atoms with van der Waals surface area (Å²) >= 11 is 0. The fourth-order valence-corrected chi connectivity index (χ4v) is 1.69. The number of ether oxygens (including phenoxy) is 1. The molecule has 2 N–H and O–H groups in total. The summed E-state index contributed by atoms with van der Waals surface area (Å²) in [5.41, 5.74) is 0.993. The molecule has 0 radical (unpaired) electrons. The maximum absolute atomic E-state index is 11.6. The van der Waals surface area contributed by atoms with Gasteiger partial charge in [0.2, 0.25) is 0 Å². The van der Waals surface area contributed by atoms with Crippen molar-refractivity contribution in [2.45, 2.75) is 38.8 Å². The lowest BCUT2D eigenvalue weighted by atomic mass is 10.1. The molecule has 1 amide bonds. The molecule has 5 nitrogen and oxygen atoms in total. The lowest BCUT2D eigenvalue weighted by Gasteiger charge is -2.22. The SMILES string of the molecule is CC(C)(C)OC(=O)N[C@H](CO)C/C=C\c1ccc(C#N)cc1. The van der Waals surface area contributed by atoms with Crippen molar-refractivity contribution in [2.75, 3.05) is 6.61 Å². The molecule has 0 aliphatic rings. The molecular formula is C17H22N2O3. The van der Waals surface area contributed by atoms with Gasteiger partial charge in [0, 0.05) is 0 Å². The van der Waals surface area contributed by atoms with Gasteiger partial charge in [-0.1, -0.05) is 24.3 Å². The van der Waals surface area contributed by atoms with E-state index in [1.165, 1.54) is 0 Å². The summed E-state index contributed by atoms with van der Waals surface area (Å²) in [7, 11) is 0. The summed E-state index contributed by atoms with van der Waals surface area (Å²) in [5.74, 6) is 0. The second-order valence-corrected chi connectivity index (χ2v) is 5.90. The van der Waals surface area contributed by atoms with E-state index in [1.54, 1.807) is 32.9 Å². The number of aliphatic hydroxyl groups is 1. The van der Waals surface area contributed by atoms with Gasteiger partial charge >= 0.3 is 6.09 Å². The van der Waals surface area contributed by atoms with Crippen molar-refractivity contribution in [1.82, 2.24) is 5.32 Å². The van der Waals surface area contributed by atoms with E-state index in [1.807, 2.05) is 24.3 Å². The van der Waals surface area contributed by atoms with Crippen molar-refractivity contribution < 1.29 is 14.6 Å². The van der Waals surface area contributed by atoms with Crippen LogP contribution in [0.3, 0.4) is 0 Å². The lowest BCUT2D eigenvalue weighted by Crippen LogP contribution is -2.40. The van der Waals surface area contributed by atoms with Gasteiger partial charge in [0.05, 0.1) is 24.3 Å². The third-order valence-corrected chi connectivity index (χ3v) is 2.71. The van der Waals surface area contributed by atoms with Crippen LogP contribution in [0.5, 0.6) is 0 Å². The van der Waals surface area contributed by atoms with Gasteiger partial charge in [-0.15, -0.1) is 0 Å². The normalized spacial score (nSPS) is 12.7. The number of nitrogens with one attached hydrogen (secondary N) is 1. The summed E-state index contributed by atoms with van der Waals surface area (Å²) < 4.78 is 5.14. The molecule has 0 aliphatic heterocycles.